The van der Waals surface area contributed by atoms with Gasteiger partial charge in [-0.15, -0.1) is 10.2 Å². The number of amides is 1. The van der Waals surface area contributed by atoms with Crippen molar-refractivity contribution in [2.24, 2.45) is 0 Å². The summed E-state index contributed by atoms with van der Waals surface area (Å²) in [7, 11) is 0. The fourth-order valence-corrected chi connectivity index (χ4v) is 3.62. The summed E-state index contributed by atoms with van der Waals surface area (Å²) >= 11 is 2.81. The summed E-state index contributed by atoms with van der Waals surface area (Å²) in [4.78, 5) is 23.7. The van der Waals surface area contributed by atoms with Crippen LogP contribution < -0.4 is 5.32 Å². The molecule has 0 aliphatic rings. The van der Waals surface area contributed by atoms with E-state index in [0.29, 0.717) is 11.3 Å². The van der Waals surface area contributed by atoms with E-state index in [1.807, 2.05) is 6.92 Å². The SMILES string of the molecule is CC(=O)c1ccccc1NC(=O)C(C)Sc1nnc(C)s1. The lowest BCUT2D eigenvalue weighted by Crippen LogP contribution is -2.23. The Labute approximate surface area is 131 Å². The second-order valence-corrected chi connectivity index (χ2v) is 7.21. The maximum atomic E-state index is 12.2. The molecule has 0 aliphatic heterocycles. The Morgan fingerprint density at radius 1 is 1.29 bits per heavy atom. The third-order valence-corrected chi connectivity index (χ3v) is 4.74. The summed E-state index contributed by atoms with van der Waals surface area (Å²) in [6.45, 7) is 5.15. The fourth-order valence-electron chi connectivity index (χ4n) is 1.66. The van der Waals surface area contributed by atoms with Crippen molar-refractivity contribution < 1.29 is 9.59 Å². The largest absolute Gasteiger partial charge is 0.324 e. The van der Waals surface area contributed by atoms with E-state index in [1.54, 1.807) is 31.2 Å². The average molecular weight is 321 g/mol. The number of Topliss-reactive ketones (excluding diaryl/α,β-unsaturated/α-hetero) is 1. The minimum atomic E-state index is -0.322. The van der Waals surface area contributed by atoms with E-state index in [-0.39, 0.29) is 16.9 Å². The molecule has 2 rings (SSSR count). The van der Waals surface area contributed by atoms with Crippen LogP contribution in [0.5, 0.6) is 0 Å². The number of hydrogen-bond acceptors (Lipinski definition) is 6. The van der Waals surface area contributed by atoms with E-state index in [0.717, 1.165) is 9.35 Å². The van der Waals surface area contributed by atoms with Gasteiger partial charge >= 0.3 is 0 Å². The summed E-state index contributed by atoms with van der Waals surface area (Å²) < 4.78 is 0.759. The number of nitrogens with one attached hydrogen (secondary N) is 1. The van der Waals surface area contributed by atoms with E-state index >= 15 is 0 Å². The first kappa shape index (κ1) is 15.7. The maximum Gasteiger partial charge on any atom is 0.237 e. The minimum absolute atomic E-state index is 0.0778. The van der Waals surface area contributed by atoms with E-state index < -0.39 is 0 Å². The zero-order valence-electron chi connectivity index (χ0n) is 11.9. The van der Waals surface area contributed by atoms with Gasteiger partial charge in [0.15, 0.2) is 10.1 Å². The zero-order valence-corrected chi connectivity index (χ0v) is 13.5. The van der Waals surface area contributed by atoms with Gasteiger partial charge in [0.2, 0.25) is 5.91 Å². The van der Waals surface area contributed by atoms with Crippen LogP contribution in [-0.2, 0) is 4.79 Å². The fraction of sp³-hybridized carbons (Fsp3) is 0.286. The van der Waals surface area contributed by atoms with Gasteiger partial charge in [-0.1, -0.05) is 35.2 Å². The van der Waals surface area contributed by atoms with Gasteiger partial charge in [0.05, 0.1) is 10.9 Å². The monoisotopic (exact) mass is 321 g/mol. The molecular formula is C14H15N3O2S2. The van der Waals surface area contributed by atoms with Crippen molar-refractivity contribution in [1.82, 2.24) is 10.2 Å². The van der Waals surface area contributed by atoms with Crippen molar-refractivity contribution in [3.8, 4) is 0 Å². The summed E-state index contributed by atoms with van der Waals surface area (Å²) in [6.07, 6.45) is 0. The van der Waals surface area contributed by atoms with E-state index in [2.05, 4.69) is 15.5 Å². The number of nitrogens with zero attached hydrogens (tertiary/aromatic N) is 2. The summed E-state index contributed by atoms with van der Waals surface area (Å²) in [6, 6.07) is 6.98. The second-order valence-electron chi connectivity index (χ2n) is 4.44. The molecule has 1 amide bonds. The van der Waals surface area contributed by atoms with Crippen LogP contribution in [0, 0.1) is 6.92 Å². The van der Waals surface area contributed by atoms with Gasteiger partial charge in [0.25, 0.3) is 0 Å². The number of rotatable bonds is 5. The quantitative estimate of drug-likeness (QED) is 0.676. The summed E-state index contributed by atoms with van der Waals surface area (Å²) in [5.41, 5.74) is 1.05. The van der Waals surface area contributed by atoms with Gasteiger partial charge in [-0.3, -0.25) is 9.59 Å². The molecule has 1 aromatic carbocycles. The lowest BCUT2D eigenvalue weighted by molar-refractivity contribution is -0.115. The Balaban J connectivity index is 2.05. The Morgan fingerprint density at radius 3 is 2.62 bits per heavy atom. The summed E-state index contributed by atoms with van der Waals surface area (Å²) in [5.74, 6) is -0.243. The molecule has 1 unspecified atom stereocenters. The highest BCUT2D eigenvalue weighted by atomic mass is 32.2. The molecule has 0 fully saturated rings. The molecular weight excluding hydrogens is 306 g/mol. The number of thioether (sulfide) groups is 1. The molecule has 0 radical (unpaired) electrons. The third kappa shape index (κ3) is 4.12. The lowest BCUT2D eigenvalue weighted by atomic mass is 10.1. The highest BCUT2D eigenvalue weighted by molar-refractivity contribution is 8.02. The van der Waals surface area contributed by atoms with E-state index in [1.165, 1.54) is 30.0 Å². The molecule has 0 aliphatic carbocycles. The van der Waals surface area contributed by atoms with Crippen LogP contribution in [0.3, 0.4) is 0 Å². The molecule has 1 atom stereocenters. The van der Waals surface area contributed by atoms with Crippen LogP contribution in [-0.4, -0.2) is 27.1 Å². The molecule has 2 aromatic rings. The topological polar surface area (TPSA) is 72.0 Å². The Hall–Kier alpha value is -1.73. The smallest absolute Gasteiger partial charge is 0.237 e. The molecule has 1 aromatic heterocycles. The Kier molecular flexibility index (Phi) is 5.08. The molecule has 1 N–H and O–H groups in total. The van der Waals surface area contributed by atoms with Gasteiger partial charge in [-0.05, 0) is 32.9 Å². The highest BCUT2D eigenvalue weighted by Gasteiger charge is 2.18. The van der Waals surface area contributed by atoms with Crippen molar-refractivity contribution in [1.29, 1.82) is 0 Å². The molecule has 7 heteroatoms. The molecule has 110 valence electrons. The number of para-hydroxylation sites is 1. The first-order valence-electron chi connectivity index (χ1n) is 6.35. The average Bonchev–Trinajstić information content (AvgIpc) is 2.84. The van der Waals surface area contributed by atoms with Crippen molar-refractivity contribution in [3.05, 3.63) is 34.8 Å². The second kappa shape index (κ2) is 6.82. The van der Waals surface area contributed by atoms with Crippen LogP contribution in [0.4, 0.5) is 5.69 Å². The Bertz CT molecular complexity index is 670. The predicted molar refractivity (Wildman–Crippen MR) is 85.0 cm³/mol. The van der Waals surface area contributed by atoms with Crippen molar-refractivity contribution in [2.45, 2.75) is 30.4 Å². The number of aryl methyl sites for hydroxylation is 1. The molecule has 21 heavy (non-hydrogen) atoms. The van der Waals surface area contributed by atoms with Gasteiger partial charge in [-0.25, -0.2) is 0 Å². The first-order valence-corrected chi connectivity index (χ1v) is 8.04. The summed E-state index contributed by atoms with van der Waals surface area (Å²) in [5, 5.41) is 11.3. The van der Waals surface area contributed by atoms with Gasteiger partial charge in [0.1, 0.15) is 5.01 Å². The number of ketones is 1. The number of benzene rings is 1. The van der Waals surface area contributed by atoms with Crippen LogP contribution >= 0.6 is 23.1 Å². The Morgan fingerprint density at radius 2 is 2.00 bits per heavy atom. The van der Waals surface area contributed by atoms with Gasteiger partial charge < -0.3 is 5.32 Å². The molecule has 5 nitrogen and oxygen atoms in total. The normalized spacial score (nSPS) is 12.0. The first-order chi connectivity index (χ1) is 9.97. The molecule has 1 heterocycles. The highest BCUT2D eigenvalue weighted by Crippen LogP contribution is 2.27. The molecule has 0 bridgehead atoms. The van der Waals surface area contributed by atoms with E-state index in [4.69, 9.17) is 0 Å². The molecule has 0 saturated heterocycles. The third-order valence-electron chi connectivity index (χ3n) is 2.72. The standard InChI is InChI=1S/C14H15N3O2S2/c1-8(18)11-6-4-5-7-12(11)15-13(19)9(2)20-14-17-16-10(3)21-14/h4-7,9H,1-3H3,(H,15,19). The van der Waals surface area contributed by atoms with Crippen LogP contribution in [0.25, 0.3) is 0 Å². The number of anilines is 1. The van der Waals surface area contributed by atoms with Crippen LogP contribution in [0.1, 0.15) is 29.2 Å². The number of carbonyl (C=O) groups excluding carboxylic acids is 2. The number of aromatic nitrogens is 2. The maximum absolute atomic E-state index is 12.2. The van der Waals surface area contributed by atoms with E-state index in [9.17, 15) is 9.59 Å². The van der Waals surface area contributed by atoms with Crippen molar-refractivity contribution >= 4 is 40.5 Å². The van der Waals surface area contributed by atoms with Gasteiger partial charge in [-0.2, -0.15) is 0 Å². The number of hydrogen-bond donors (Lipinski definition) is 1. The van der Waals surface area contributed by atoms with Crippen LogP contribution in [0.2, 0.25) is 0 Å². The van der Waals surface area contributed by atoms with Crippen molar-refractivity contribution in [3.63, 3.8) is 0 Å². The van der Waals surface area contributed by atoms with Gasteiger partial charge in [0, 0.05) is 5.56 Å². The number of carbonyl (C=O) groups is 2. The lowest BCUT2D eigenvalue weighted by Gasteiger charge is -2.12. The zero-order chi connectivity index (χ0) is 15.4. The van der Waals surface area contributed by atoms with Crippen LogP contribution in [0.15, 0.2) is 28.6 Å². The predicted octanol–water partition coefficient (Wildman–Crippen LogP) is 3.17. The van der Waals surface area contributed by atoms with Crippen molar-refractivity contribution in [2.75, 3.05) is 5.32 Å². The molecule has 0 saturated carbocycles. The minimum Gasteiger partial charge on any atom is -0.324 e. The molecule has 0 spiro atoms.